The van der Waals surface area contributed by atoms with Gasteiger partial charge in [0, 0.05) is 11.3 Å². The van der Waals surface area contributed by atoms with E-state index in [0.29, 0.717) is 40.4 Å². The van der Waals surface area contributed by atoms with Gasteiger partial charge in [-0.1, -0.05) is 11.8 Å². The van der Waals surface area contributed by atoms with E-state index in [0.717, 1.165) is 11.4 Å². The third-order valence-corrected chi connectivity index (χ3v) is 5.55. The van der Waals surface area contributed by atoms with E-state index in [9.17, 15) is 4.79 Å². The number of carbonyl (C=O) groups is 1. The molecule has 0 fully saturated rings. The van der Waals surface area contributed by atoms with Gasteiger partial charge in [-0.3, -0.25) is 9.36 Å². The summed E-state index contributed by atoms with van der Waals surface area (Å²) in [7, 11) is 4.66. The minimum Gasteiger partial charge on any atom is -0.494 e. The Morgan fingerprint density at radius 3 is 2.18 bits per heavy atom. The summed E-state index contributed by atoms with van der Waals surface area (Å²) in [5, 5.41) is 9.32. The lowest BCUT2D eigenvalue weighted by Gasteiger charge is -2.15. The van der Waals surface area contributed by atoms with Crippen molar-refractivity contribution in [3.63, 3.8) is 0 Å². The second-order valence-corrected chi connectivity index (χ2v) is 8.25. The SMILES string of the molecule is CCOc1ccc(-n2c(SCC(=O)OC(C)C)nnc2-c2cc(OC)c(OC)c(OC)c2)cc1. The maximum absolute atomic E-state index is 12.1. The molecule has 3 rings (SSSR count). The number of thioether (sulfide) groups is 1. The van der Waals surface area contributed by atoms with Crippen LogP contribution >= 0.6 is 11.8 Å². The molecule has 0 N–H and O–H groups in total. The summed E-state index contributed by atoms with van der Waals surface area (Å²) < 4.78 is 29.1. The van der Waals surface area contributed by atoms with Crippen LogP contribution in [-0.4, -0.2) is 60.5 Å². The summed E-state index contributed by atoms with van der Waals surface area (Å²) in [5.74, 6) is 2.54. The summed E-state index contributed by atoms with van der Waals surface area (Å²) >= 11 is 1.25. The molecule has 0 spiro atoms. The Morgan fingerprint density at radius 1 is 1.00 bits per heavy atom. The Labute approximate surface area is 203 Å². The largest absolute Gasteiger partial charge is 0.494 e. The van der Waals surface area contributed by atoms with Gasteiger partial charge in [-0.15, -0.1) is 10.2 Å². The van der Waals surface area contributed by atoms with Crippen molar-refractivity contribution in [1.29, 1.82) is 0 Å². The normalized spacial score (nSPS) is 10.8. The van der Waals surface area contributed by atoms with Crippen LogP contribution in [0.3, 0.4) is 0 Å². The Bertz CT molecular complexity index is 1090. The van der Waals surface area contributed by atoms with Crippen LogP contribution in [0.25, 0.3) is 17.1 Å². The topological polar surface area (TPSA) is 93.9 Å². The lowest BCUT2D eigenvalue weighted by Crippen LogP contribution is -2.13. The molecule has 0 saturated carbocycles. The van der Waals surface area contributed by atoms with Crippen molar-refractivity contribution in [2.75, 3.05) is 33.7 Å². The maximum atomic E-state index is 12.1. The first-order valence-electron chi connectivity index (χ1n) is 10.7. The van der Waals surface area contributed by atoms with E-state index in [2.05, 4.69) is 10.2 Å². The van der Waals surface area contributed by atoms with Crippen molar-refractivity contribution in [2.45, 2.75) is 32.0 Å². The molecule has 0 atom stereocenters. The smallest absolute Gasteiger partial charge is 0.316 e. The fourth-order valence-corrected chi connectivity index (χ4v) is 4.01. The fourth-order valence-electron chi connectivity index (χ4n) is 3.27. The summed E-state index contributed by atoms with van der Waals surface area (Å²) in [6.45, 7) is 6.13. The summed E-state index contributed by atoms with van der Waals surface area (Å²) in [5.41, 5.74) is 1.50. The van der Waals surface area contributed by atoms with Crippen LogP contribution in [0.2, 0.25) is 0 Å². The average molecular weight is 488 g/mol. The zero-order chi connectivity index (χ0) is 24.7. The zero-order valence-corrected chi connectivity index (χ0v) is 21.0. The van der Waals surface area contributed by atoms with Gasteiger partial charge in [-0.2, -0.15) is 0 Å². The Hall–Kier alpha value is -3.40. The van der Waals surface area contributed by atoms with Crippen molar-refractivity contribution in [3.05, 3.63) is 36.4 Å². The van der Waals surface area contributed by atoms with Gasteiger partial charge in [0.25, 0.3) is 0 Å². The second kappa shape index (κ2) is 11.6. The highest BCUT2D eigenvalue weighted by atomic mass is 32.2. The monoisotopic (exact) mass is 487 g/mol. The van der Waals surface area contributed by atoms with Crippen molar-refractivity contribution >= 4 is 17.7 Å². The molecule has 2 aromatic carbocycles. The number of carbonyl (C=O) groups excluding carboxylic acids is 1. The van der Waals surface area contributed by atoms with Crippen LogP contribution in [-0.2, 0) is 9.53 Å². The molecule has 0 aliphatic rings. The standard InChI is InChI=1S/C24H29N3O6S/c1-7-32-18-10-8-17(9-11-18)27-23(25-26-24(27)34-14-21(28)33-15(2)3)16-12-19(29-4)22(31-6)20(13-16)30-5/h8-13,15H,7,14H2,1-6H3. The number of hydrogen-bond acceptors (Lipinski definition) is 9. The Kier molecular flexibility index (Phi) is 8.64. The lowest BCUT2D eigenvalue weighted by molar-refractivity contribution is -0.144. The molecule has 9 nitrogen and oxygen atoms in total. The van der Waals surface area contributed by atoms with Crippen LogP contribution in [0.4, 0.5) is 0 Å². The molecular formula is C24H29N3O6S. The molecule has 0 radical (unpaired) electrons. The van der Waals surface area contributed by atoms with Gasteiger partial charge in [0.2, 0.25) is 5.75 Å². The fraction of sp³-hybridized carbons (Fsp3) is 0.375. The molecule has 0 aliphatic heterocycles. The van der Waals surface area contributed by atoms with Crippen LogP contribution in [0.15, 0.2) is 41.6 Å². The minimum absolute atomic E-state index is 0.0998. The molecule has 1 heterocycles. The van der Waals surface area contributed by atoms with Crippen LogP contribution in [0.1, 0.15) is 20.8 Å². The zero-order valence-electron chi connectivity index (χ0n) is 20.2. The summed E-state index contributed by atoms with van der Waals surface area (Å²) in [6.07, 6.45) is -0.188. The molecule has 0 aliphatic carbocycles. The molecule has 0 amide bonds. The van der Waals surface area contributed by atoms with E-state index < -0.39 is 0 Å². The summed E-state index contributed by atoms with van der Waals surface area (Å²) in [6, 6.07) is 11.2. The molecule has 10 heteroatoms. The highest BCUT2D eigenvalue weighted by Gasteiger charge is 2.21. The van der Waals surface area contributed by atoms with Crippen molar-refractivity contribution in [1.82, 2.24) is 14.8 Å². The first kappa shape index (κ1) is 25.2. The van der Waals surface area contributed by atoms with Gasteiger partial charge in [-0.05, 0) is 57.2 Å². The van der Waals surface area contributed by atoms with E-state index in [4.69, 9.17) is 23.7 Å². The lowest BCUT2D eigenvalue weighted by atomic mass is 10.1. The maximum Gasteiger partial charge on any atom is 0.316 e. The Morgan fingerprint density at radius 2 is 1.65 bits per heavy atom. The number of aromatic nitrogens is 3. The van der Waals surface area contributed by atoms with E-state index in [1.165, 1.54) is 11.8 Å². The van der Waals surface area contributed by atoms with Crippen LogP contribution in [0, 0.1) is 0 Å². The third kappa shape index (κ3) is 5.74. The number of ether oxygens (including phenoxy) is 5. The molecule has 182 valence electrons. The molecule has 1 aromatic heterocycles. The van der Waals surface area contributed by atoms with Gasteiger partial charge >= 0.3 is 5.97 Å². The van der Waals surface area contributed by atoms with Crippen LogP contribution in [0.5, 0.6) is 23.0 Å². The molecule has 0 unspecified atom stereocenters. The van der Waals surface area contributed by atoms with Gasteiger partial charge < -0.3 is 23.7 Å². The number of esters is 1. The average Bonchev–Trinajstić information content (AvgIpc) is 3.26. The van der Waals surface area contributed by atoms with Crippen molar-refractivity contribution in [2.24, 2.45) is 0 Å². The van der Waals surface area contributed by atoms with E-state index >= 15 is 0 Å². The quantitative estimate of drug-likeness (QED) is 0.288. The van der Waals surface area contributed by atoms with E-state index in [-0.39, 0.29) is 17.8 Å². The number of rotatable bonds is 11. The number of hydrogen-bond donors (Lipinski definition) is 0. The molecule has 3 aromatic rings. The molecule has 34 heavy (non-hydrogen) atoms. The minimum atomic E-state index is -0.324. The highest BCUT2D eigenvalue weighted by molar-refractivity contribution is 7.99. The van der Waals surface area contributed by atoms with Crippen molar-refractivity contribution in [3.8, 4) is 40.1 Å². The second-order valence-electron chi connectivity index (χ2n) is 7.31. The summed E-state index contributed by atoms with van der Waals surface area (Å²) in [4.78, 5) is 12.1. The number of benzene rings is 2. The first-order chi connectivity index (χ1) is 16.4. The molecule has 0 saturated heterocycles. The predicted molar refractivity (Wildman–Crippen MR) is 130 cm³/mol. The first-order valence-corrected chi connectivity index (χ1v) is 11.7. The van der Waals surface area contributed by atoms with Gasteiger partial charge in [0.15, 0.2) is 22.5 Å². The van der Waals surface area contributed by atoms with E-state index in [1.807, 2.05) is 49.6 Å². The van der Waals surface area contributed by atoms with Crippen LogP contribution < -0.4 is 18.9 Å². The van der Waals surface area contributed by atoms with E-state index in [1.54, 1.807) is 33.5 Å². The van der Waals surface area contributed by atoms with Gasteiger partial charge in [0.05, 0.1) is 39.8 Å². The highest BCUT2D eigenvalue weighted by Crippen LogP contribution is 2.41. The van der Waals surface area contributed by atoms with Crippen molar-refractivity contribution < 1.29 is 28.5 Å². The molecular weight excluding hydrogens is 458 g/mol. The van der Waals surface area contributed by atoms with Gasteiger partial charge in [-0.25, -0.2) is 0 Å². The number of methoxy groups -OCH3 is 3. The Balaban J connectivity index is 2.09. The van der Waals surface area contributed by atoms with Gasteiger partial charge in [0.1, 0.15) is 5.75 Å². The molecule has 0 bridgehead atoms. The third-order valence-electron chi connectivity index (χ3n) is 4.65. The number of nitrogens with zero attached hydrogens (tertiary/aromatic N) is 3. The predicted octanol–water partition coefficient (Wildman–Crippen LogP) is 4.40.